The Balaban J connectivity index is 2.26. The van der Waals surface area contributed by atoms with E-state index in [1.807, 2.05) is 6.07 Å². The molecule has 0 atom stereocenters. The van der Waals surface area contributed by atoms with Crippen molar-refractivity contribution in [3.63, 3.8) is 0 Å². The smallest absolute Gasteiger partial charge is 0.322 e. The summed E-state index contributed by atoms with van der Waals surface area (Å²) in [6, 6.07) is 7.10. The standard InChI is InChI=1S/C9H9N5O2S/c15-8(16)5-10-6-2-1-3-7(4-6)14-9(17)11-12-13-14/h1-4,10H,5H2,(H,15,16)(H,11,13,17). The number of tetrazole rings is 1. The molecule has 0 radical (unpaired) electrons. The average molecular weight is 251 g/mol. The molecule has 0 spiro atoms. The molecule has 17 heavy (non-hydrogen) atoms. The number of nitrogens with one attached hydrogen (secondary N) is 2. The number of aromatic nitrogens is 4. The minimum atomic E-state index is -0.921. The number of aliphatic carboxylic acids is 1. The maximum Gasteiger partial charge on any atom is 0.322 e. The third-order valence-electron chi connectivity index (χ3n) is 2.02. The molecular weight excluding hydrogens is 242 g/mol. The summed E-state index contributed by atoms with van der Waals surface area (Å²) < 4.78 is 1.82. The quantitative estimate of drug-likeness (QED) is 0.696. The minimum absolute atomic E-state index is 0.143. The fourth-order valence-corrected chi connectivity index (χ4v) is 1.49. The number of rotatable bonds is 4. The highest BCUT2D eigenvalue weighted by atomic mass is 32.1. The lowest BCUT2D eigenvalue weighted by molar-refractivity contribution is -0.134. The fraction of sp³-hybridized carbons (Fsp3) is 0.111. The number of anilines is 1. The molecular formula is C9H9N5O2S. The van der Waals surface area contributed by atoms with Crippen molar-refractivity contribution in [2.24, 2.45) is 0 Å². The first-order valence-corrected chi connectivity index (χ1v) is 5.14. The molecule has 1 aromatic heterocycles. The maximum absolute atomic E-state index is 10.4. The van der Waals surface area contributed by atoms with E-state index in [9.17, 15) is 4.79 Å². The van der Waals surface area contributed by atoms with Gasteiger partial charge in [0.2, 0.25) is 4.77 Å². The van der Waals surface area contributed by atoms with Crippen molar-refractivity contribution in [2.45, 2.75) is 0 Å². The van der Waals surface area contributed by atoms with Crippen molar-refractivity contribution in [1.82, 2.24) is 20.2 Å². The van der Waals surface area contributed by atoms with Gasteiger partial charge in [-0.2, -0.15) is 5.21 Å². The Hall–Kier alpha value is -2.22. The number of nitrogens with zero attached hydrogens (tertiary/aromatic N) is 3. The number of aromatic amines is 1. The zero-order chi connectivity index (χ0) is 12.3. The van der Waals surface area contributed by atoms with Crippen LogP contribution in [0.4, 0.5) is 5.69 Å². The van der Waals surface area contributed by atoms with E-state index in [-0.39, 0.29) is 6.54 Å². The van der Waals surface area contributed by atoms with E-state index in [4.69, 9.17) is 17.3 Å². The molecule has 0 fully saturated rings. The van der Waals surface area contributed by atoms with E-state index in [0.29, 0.717) is 10.5 Å². The van der Waals surface area contributed by atoms with Crippen LogP contribution in [0.25, 0.3) is 5.69 Å². The number of carboxylic acid groups (broad SMARTS) is 1. The van der Waals surface area contributed by atoms with Crippen LogP contribution in [0, 0.1) is 4.77 Å². The number of carbonyl (C=O) groups is 1. The molecule has 88 valence electrons. The third-order valence-corrected chi connectivity index (χ3v) is 2.28. The average Bonchev–Trinajstić information content (AvgIpc) is 2.73. The van der Waals surface area contributed by atoms with Crippen molar-refractivity contribution < 1.29 is 9.90 Å². The second-order valence-corrected chi connectivity index (χ2v) is 3.58. The highest BCUT2D eigenvalue weighted by Gasteiger charge is 2.02. The van der Waals surface area contributed by atoms with E-state index < -0.39 is 5.97 Å². The van der Waals surface area contributed by atoms with Gasteiger partial charge in [-0.25, -0.2) is 4.68 Å². The van der Waals surface area contributed by atoms with Crippen LogP contribution < -0.4 is 5.32 Å². The minimum Gasteiger partial charge on any atom is -0.480 e. The van der Waals surface area contributed by atoms with Crippen molar-refractivity contribution in [3.05, 3.63) is 29.0 Å². The predicted octanol–water partition coefficient (Wildman–Crippen LogP) is 0.821. The van der Waals surface area contributed by atoms with Crippen LogP contribution in [0.2, 0.25) is 0 Å². The van der Waals surface area contributed by atoms with Crippen molar-refractivity contribution in [1.29, 1.82) is 0 Å². The molecule has 0 unspecified atom stereocenters. The number of H-pyrrole nitrogens is 1. The Kier molecular flexibility index (Phi) is 3.15. The van der Waals surface area contributed by atoms with Crippen LogP contribution in [-0.2, 0) is 4.79 Å². The molecule has 8 heteroatoms. The van der Waals surface area contributed by atoms with E-state index in [1.165, 1.54) is 4.68 Å². The summed E-state index contributed by atoms with van der Waals surface area (Å²) in [5.74, 6) is -0.921. The summed E-state index contributed by atoms with van der Waals surface area (Å²) in [7, 11) is 0. The van der Waals surface area contributed by atoms with Gasteiger partial charge >= 0.3 is 5.97 Å². The topological polar surface area (TPSA) is 95.8 Å². The number of benzene rings is 1. The number of hydrogen-bond acceptors (Lipinski definition) is 5. The highest BCUT2D eigenvalue weighted by molar-refractivity contribution is 7.71. The monoisotopic (exact) mass is 251 g/mol. The molecule has 0 aliphatic rings. The summed E-state index contributed by atoms with van der Waals surface area (Å²) in [5.41, 5.74) is 1.41. The Morgan fingerprint density at radius 3 is 3.06 bits per heavy atom. The lowest BCUT2D eigenvalue weighted by atomic mass is 10.3. The molecule has 2 aromatic rings. The van der Waals surface area contributed by atoms with Gasteiger partial charge in [0.1, 0.15) is 6.54 Å². The first-order chi connectivity index (χ1) is 8.16. The maximum atomic E-state index is 10.4. The summed E-state index contributed by atoms with van der Waals surface area (Å²) in [4.78, 5) is 10.4. The molecule has 0 aliphatic heterocycles. The molecule has 0 aliphatic carbocycles. The molecule has 3 N–H and O–H groups in total. The van der Waals surface area contributed by atoms with Crippen LogP contribution in [-0.4, -0.2) is 37.8 Å². The van der Waals surface area contributed by atoms with Crippen LogP contribution in [0.5, 0.6) is 0 Å². The van der Waals surface area contributed by atoms with Crippen LogP contribution in [0.1, 0.15) is 0 Å². The van der Waals surface area contributed by atoms with Gasteiger partial charge in [0.25, 0.3) is 0 Å². The summed E-state index contributed by atoms with van der Waals surface area (Å²) in [6.45, 7) is -0.143. The second-order valence-electron chi connectivity index (χ2n) is 3.22. The zero-order valence-electron chi connectivity index (χ0n) is 8.62. The van der Waals surface area contributed by atoms with Gasteiger partial charge in [0, 0.05) is 5.69 Å². The SMILES string of the molecule is O=C(O)CNc1cccc(-n2[nH]nnc2=S)c1. The van der Waals surface area contributed by atoms with Crippen molar-refractivity contribution >= 4 is 23.9 Å². The lowest BCUT2D eigenvalue weighted by Crippen LogP contribution is -2.12. The lowest BCUT2D eigenvalue weighted by Gasteiger charge is -2.06. The Bertz CT molecular complexity index is 591. The molecule has 1 heterocycles. The van der Waals surface area contributed by atoms with E-state index in [2.05, 4.69) is 20.8 Å². The Labute approximate surface area is 101 Å². The highest BCUT2D eigenvalue weighted by Crippen LogP contribution is 2.13. The van der Waals surface area contributed by atoms with Crippen LogP contribution >= 0.6 is 12.2 Å². The Morgan fingerprint density at radius 1 is 1.59 bits per heavy atom. The summed E-state index contributed by atoms with van der Waals surface area (Å²) in [5, 5.41) is 21.2. The third kappa shape index (κ3) is 2.67. The molecule has 0 saturated carbocycles. The molecule has 0 saturated heterocycles. The van der Waals surface area contributed by atoms with Crippen molar-refractivity contribution in [2.75, 3.05) is 11.9 Å². The first kappa shape index (κ1) is 11.3. The summed E-state index contributed by atoms with van der Waals surface area (Å²) >= 11 is 4.96. The zero-order valence-corrected chi connectivity index (χ0v) is 9.44. The van der Waals surface area contributed by atoms with Gasteiger partial charge in [-0.3, -0.25) is 4.79 Å². The largest absolute Gasteiger partial charge is 0.480 e. The van der Waals surface area contributed by atoms with Crippen molar-refractivity contribution in [3.8, 4) is 5.69 Å². The van der Waals surface area contributed by atoms with Gasteiger partial charge in [-0.15, -0.1) is 0 Å². The first-order valence-electron chi connectivity index (χ1n) is 4.73. The van der Waals surface area contributed by atoms with E-state index in [0.717, 1.165) is 5.69 Å². The number of hydrogen-bond donors (Lipinski definition) is 3. The van der Waals surface area contributed by atoms with Gasteiger partial charge < -0.3 is 10.4 Å². The van der Waals surface area contributed by atoms with E-state index in [1.54, 1.807) is 18.2 Å². The normalized spacial score (nSPS) is 10.1. The number of carboxylic acids is 1. The van der Waals surface area contributed by atoms with Crippen LogP contribution in [0.15, 0.2) is 24.3 Å². The molecule has 0 amide bonds. The van der Waals surface area contributed by atoms with E-state index >= 15 is 0 Å². The van der Waals surface area contributed by atoms with Crippen LogP contribution in [0.3, 0.4) is 0 Å². The fourth-order valence-electron chi connectivity index (χ4n) is 1.30. The Morgan fingerprint density at radius 2 is 2.41 bits per heavy atom. The van der Waals surface area contributed by atoms with Gasteiger partial charge in [-0.1, -0.05) is 16.4 Å². The molecule has 7 nitrogen and oxygen atoms in total. The van der Waals surface area contributed by atoms with Gasteiger partial charge in [0.05, 0.1) is 5.69 Å². The second kappa shape index (κ2) is 4.74. The van der Waals surface area contributed by atoms with Gasteiger partial charge in [0.15, 0.2) is 0 Å². The molecule has 0 bridgehead atoms. The predicted molar refractivity (Wildman–Crippen MR) is 62.7 cm³/mol. The van der Waals surface area contributed by atoms with Gasteiger partial charge in [-0.05, 0) is 30.4 Å². The summed E-state index contributed by atoms with van der Waals surface area (Å²) in [6.07, 6.45) is 0. The molecule has 1 aromatic carbocycles. The molecule has 2 rings (SSSR count).